The lowest BCUT2D eigenvalue weighted by atomic mass is 9.51. The number of rotatable bonds is 6. The zero-order valence-corrected chi connectivity index (χ0v) is 38.6. The molecule has 9 rings (SSSR count). The number of ether oxygens (including phenoxy) is 1. The molecule has 3 fully saturated rings. The normalized spacial score (nSPS) is 24.8. The van der Waals surface area contributed by atoms with Crippen LogP contribution in [0.1, 0.15) is 42.5 Å². The average Bonchev–Trinajstić information content (AvgIpc) is 3.90. The summed E-state index contributed by atoms with van der Waals surface area (Å²) in [5.74, 6) is -7.64. The SMILES string of the molecule is COc1cc(C2C3=CCC4C(=O)N(N(C)c5nc(C(F)(F)F)ccc5Cl)C(=O)C4C3CC3C(=O)N(c4cc(-c5sc6ccc(Cl)cc6c5C)nn4C)C(=O)C32C)c(Br)c(Br)c1O. The molecule has 12 nitrogen and oxygen atoms in total. The third-order valence-electron chi connectivity index (χ3n) is 12.9. The number of halogens is 7. The molecule has 0 bridgehead atoms. The average molecular weight is 1040 g/mol. The summed E-state index contributed by atoms with van der Waals surface area (Å²) in [4.78, 5) is 65.0. The van der Waals surface area contributed by atoms with Gasteiger partial charge in [0.15, 0.2) is 17.3 Å². The predicted octanol–water partition coefficient (Wildman–Crippen LogP) is 9.85. The van der Waals surface area contributed by atoms with Crippen LogP contribution in [0.5, 0.6) is 11.5 Å². The largest absolute Gasteiger partial charge is 0.503 e. The first-order valence-electron chi connectivity index (χ1n) is 19.1. The lowest BCUT2D eigenvalue weighted by molar-refractivity contribution is -0.141. The van der Waals surface area contributed by atoms with Crippen LogP contribution in [-0.4, -0.2) is 62.7 Å². The molecule has 62 heavy (non-hydrogen) atoms. The van der Waals surface area contributed by atoms with Crippen LogP contribution < -0.4 is 14.6 Å². The molecular formula is C42H33Br2Cl2F3N6O6S. The van der Waals surface area contributed by atoms with Gasteiger partial charge in [-0.15, -0.1) is 11.3 Å². The van der Waals surface area contributed by atoms with E-state index in [1.807, 2.05) is 25.1 Å². The molecule has 4 aliphatic rings. The zero-order valence-electron chi connectivity index (χ0n) is 33.1. The minimum Gasteiger partial charge on any atom is -0.503 e. The number of hydrogen-bond donors (Lipinski definition) is 1. The lowest BCUT2D eigenvalue weighted by Gasteiger charge is -2.49. The highest BCUT2D eigenvalue weighted by Crippen LogP contribution is 2.65. The van der Waals surface area contributed by atoms with Gasteiger partial charge in [-0.05, 0) is 117 Å². The fourth-order valence-corrected chi connectivity index (χ4v) is 12.5. The van der Waals surface area contributed by atoms with Gasteiger partial charge < -0.3 is 9.84 Å². The van der Waals surface area contributed by atoms with E-state index in [9.17, 15) is 27.9 Å². The van der Waals surface area contributed by atoms with Crippen LogP contribution in [-0.2, 0) is 32.4 Å². The third kappa shape index (κ3) is 6.09. The quantitative estimate of drug-likeness (QED) is 0.130. The number of fused-ring (bicyclic) bond motifs is 5. The molecule has 5 aromatic rings. The van der Waals surface area contributed by atoms with E-state index < -0.39 is 76.3 Å². The van der Waals surface area contributed by atoms with E-state index in [2.05, 4.69) is 36.8 Å². The number of imide groups is 2. The molecule has 1 N–H and O–H groups in total. The van der Waals surface area contributed by atoms with E-state index >= 15 is 9.59 Å². The van der Waals surface area contributed by atoms with Crippen LogP contribution in [0.3, 0.4) is 0 Å². The molecular weight excluding hydrogens is 1000 g/mol. The van der Waals surface area contributed by atoms with Gasteiger partial charge in [-0.1, -0.05) is 34.9 Å². The molecule has 4 amide bonds. The first kappa shape index (κ1) is 42.8. The number of carbonyl (C=O) groups is 4. The summed E-state index contributed by atoms with van der Waals surface area (Å²) in [5.41, 5.74) is -0.216. The van der Waals surface area contributed by atoms with E-state index in [-0.39, 0.29) is 39.7 Å². The number of methoxy groups -OCH3 is 1. The number of aromatic nitrogens is 3. The Hall–Kier alpha value is -4.49. The van der Waals surface area contributed by atoms with Crippen LogP contribution >= 0.6 is 66.4 Å². The molecule has 2 aliphatic heterocycles. The number of hydrazine groups is 1. The van der Waals surface area contributed by atoms with Gasteiger partial charge in [0, 0.05) is 40.3 Å². The summed E-state index contributed by atoms with van der Waals surface area (Å²) < 4.78 is 49.9. The van der Waals surface area contributed by atoms with Crippen molar-refractivity contribution in [3.8, 4) is 22.1 Å². The van der Waals surface area contributed by atoms with Gasteiger partial charge in [-0.25, -0.2) is 9.88 Å². The number of phenols is 1. The zero-order chi connectivity index (χ0) is 44.6. The second-order valence-corrected chi connectivity index (χ2v) is 19.5. The summed E-state index contributed by atoms with van der Waals surface area (Å²) in [7, 11) is 4.25. The van der Waals surface area contributed by atoms with Crippen molar-refractivity contribution in [3.05, 3.63) is 89.9 Å². The van der Waals surface area contributed by atoms with Crippen LogP contribution in [0.4, 0.5) is 24.8 Å². The van der Waals surface area contributed by atoms with Crippen LogP contribution in [0.2, 0.25) is 10.0 Å². The number of nitrogens with zero attached hydrogens (tertiary/aromatic N) is 6. The molecule has 322 valence electrons. The molecule has 2 saturated heterocycles. The van der Waals surface area contributed by atoms with Crippen molar-refractivity contribution in [3.63, 3.8) is 0 Å². The number of aromatic hydroxyl groups is 1. The van der Waals surface area contributed by atoms with E-state index in [4.69, 9.17) is 33.0 Å². The fourth-order valence-electron chi connectivity index (χ4n) is 9.96. The Morgan fingerprint density at radius 1 is 1.02 bits per heavy atom. The summed E-state index contributed by atoms with van der Waals surface area (Å²) in [5, 5.41) is 18.8. The molecule has 6 atom stereocenters. The van der Waals surface area contributed by atoms with Crippen molar-refractivity contribution in [2.75, 3.05) is 24.1 Å². The highest BCUT2D eigenvalue weighted by Gasteiger charge is 2.68. The number of thiophene rings is 1. The Morgan fingerprint density at radius 2 is 1.74 bits per heavy atom. The Bertz CT molecular complexity index is 2870. The van der Waals surface area contributed by atoms with Crippen LogP contribution in [0, 0.1) is 36.0 Å². The second-order valence-electron chi connectivity index (χ2n) is 16.0. The van der Waals surface area contributed by atoms with Crippen molar-refractivity contribution in [2.45, 2.75) is 38.8 Å². The maximum absolute atomic E-state index is 15.3. The minimum atomic E-state index is -4.83. The standard InChI is InChI=1S/C42H33Br2Cl2F3N6O6S/c1-16-20-12-17(45)6-10-27(20)62-35(16)25-15-29(52(3)51-25)54-38(58)23-13-21-18(31(41(23,2)40(54)60)22-14-26(61-5)34(56)33(44)32(22)43)7-8-19-30(21)39(59)55(37(19)57)53(4)36-24(46)9-11-28(50-36)42(47,48)49/h6-7,9-12,14-15,19,21,23,30-31,56H,8,13H2,1-5H3. The number of aryl methyl sites for hydroxylation is 2. The van der Waals surface area contributed by atoms with Crippen molar-refractivity contribution in [1.82, 2.24) is 19.8 Å². The lowest BCUT2D eigenvalue weighted by Crippen LogP contribution is -2.49. The van der Waals surface area contributed by atoms with Crippen molar-refractivity contribution < 1.29 is 42.2 Å². The Labute approximate surface area is 382 Å². The predicted molar refractivity (Wildman–Crippen MR) is 233 cm³/mol. The Balaban J connectivity index is 1.16. The molecule has 1 saturated carbocycles. The smallest absolute Gasteiger partial charge is 0.433 e. The number of alkyl halides is 3. The van der Waals surface area contributed by atoms with Gasteiger partial charge in [-0.3, -0.25) is 28.9 Å². The van der Waals surface area contributed by atoms with Crippen LogP contribution in [0.15, 0.2) is 63.1 Å². The number of allylic oxidation sites excluding steroid dienone is 2. The van der Waals surface area contributed by atoms with Gasteiger partial charge in [0.25, 0.3) is 11.8 Å². The first-order valence-corrected chi connectivity index (χ1v) is 22.3. The molecule has 20 heteroatoms. The Morgan fingerprint density at radius 3 is 2.44 bits per heavy atom. The molecule has 6 unspecified atom stereocenters. The highest BCUT2D eigenvalue weighted by molar-refractivity contribution is 9.13. The summed E-state index contributed by atoms with van der Waals surface area (Å²) in [6.45, 7) is 3.67. The number of phenolic OH excluding ortho intramolecular Hbond substituents is 1. The van der Waals surface area contributed by atoms with Crippen molar-refractivity contribution >= 4 is 112 Å². The Kier molecular flexibility index (Phi) is 10.2. The molecule has 3 aromatic heterocycles. The van der Waals surface area contributed by atoms with Gasteiger partial charge >= 0.3 is 6.18 Å². The summed E-state index contributed by atoms with van der Waals surface area (Å²) in [6, 6.07) is 10.6. The minimum absolute atomic E-state index is 0.0187. The van der Waals surface area contributed by atoms with Crippen molar-refractivity contribution in [1.29, 1.82) is 0 Å². The van der Waals surface area contributed by atoms with E-state index in [0.717, 1.165) is 41.5 Å². The second kappa shape index (κ2) is 14.8. The molecule has 0 spiro atoms. The molecule has 5 heterocycles. The number of carbonyl (C=O) groups excluding carboxylic acids is 4. The van der Waals surface area contributed by atoms with E-state index in [1.165, 1.54) is 30.2 Å². The summed E-state index contributed by atoms with van der Waals surface area (Å²) in [6.07, 6.45) is -2.99. The van der Waals surface area contributed by atoms with Gasteiger partial charge in [0.05, 0.1) is 44.7 Å². The molecule has 2 aliphatic carbocycles. The maximum Gasteiger partial charge on any atom is 0.433 e. The third-order valence-corrected chi connectivity index (χ3v) is 16.9. The number of hydrogen-bond acceptors (Lipinski definition) is 10. The maximum atomic E-state index is 15.3. The number of anilines is 2. The number of amides is 4. The van der Waals surface area contributed by atoms with E-state index in [0.29, 0.717) is 32.4 Å². The molecule has 0 radical (unpaired) electrons. The van der Waals surface area contributed by atoms with Gasteiger partial charge in [0.1, 0.15) is 17.2 Å². The first-order chi connectivity index (χ1) is 29.2. The highest BCUT2D eigenvalue weighted by atomic mass is 79.9. The van der Waals surface area contributed by atoms with E-state index in [1.54, 1.807) is 32.2 Å². The van der Waals surface area contributed by atoms with Crippen LogP contribution in [0.25, 0.3) is 20.7 Å². The van der Waals surface area contributed by atoms with Crippen molar-refractivity contribution in [2.24, 2.45) is 36.1 Å². The number of benzene rings is 2. The topological polar surface area (TPSA) is 138 Å². The van der Waals surface area contributed by atoms with Gasteiger partial charge in [0.2, 0.25) is 11.8 Å². The monoisotopic (exact) mass is 1030 g/mol. The fraction of sp³-hybridized carbons (Fsp3) is 0.333. The van der Waals surface area contributed by atoms with Gasteiger partial charge in [-0.2, -0.15) is 23.3 Å². The summed E-state index contributed by atoms with van der Waals surface area (Å²) >= 11 is 21.2. The molecule has 2 aromatic carbocycles. The number of pyridine rings is 1.